The lowest BCUT2D eigenvalue weighted by Gasteiger charge is -2.03. The van der Waals surface area contributed by atoms with Crippen LogP contribution in [-0.4, -0.2) is 5.91 Å². The standard InChI is InChI=1S/C15H13NO2/c1-3-11-6-5-7-12(10-11)16-15(17)14-9-8-13(4-2)18-14/h1,5-10H,4H2,2H3,(H,16,17). The van der Waals surface area contributed by atoms with Crippen LogP contribution in [0.1, 0.15) is 28.8 Å². The van der Waals surface area contributed by atoms with Crippen molar-refractivity contribution in [3.8, 4) is 12.3 Å². The summed E-state index contributed by atoms with van der Waals surface area (Å²) in [6.07, 6.45) is 6.06. The zero-order valence-corrected chi connectivity index (χ0v) is 10.1. The van der Waals surface area contributed by atoms with Gasteiger partial charge in [0.1, 0.15) is 5.76 Å². The zero-order valence-electron chi connectivity index (χ0n) is 10.1. The van der Waals surface area contributed by atoms with E-state index in [1.165, 1.54) is 0 Å². The third-order valence-corrected chi connectivity index (χ3v) is 2.52. The van der Waals surface area contributed by atoms with Gasteiger partial charge in [0.25, 0.3) is 5.91 Å². The topological polar surface area (TPSA) is 42.2 Å². The number of carbonyl (C=O) groups is 1. The quantitative estimate of drug-likeness (QED) is 0.836. The number of anilines is 1. The SMILES string of the molecule is C#Cc1cccc(NC(=O)c2ccc(CC)o2)c1. The van der Waals surface area contributed by atoms with Crippen LogP contribution >= 0.6 is 0 Å². The summed E-state index contributed by atoms with van der Waals surface area (Å²) in [5.41, 5.74) is 1.38. The summed E-state index contributed by atoms with van der Waals surface area (Å²) in [6, 6.07) is 10.6. The first-order chi connectivity index (χ1) is 8.72. The van der Waals surface area contributed by atoms with Crippen molar-refractivity contribution in [2.45, 2.75) is 13.3 Å². The predicted molar refractivity (Wildman–Crippen MR) is 70.4 cm³/mol. The van der Waals surface area contributed by atoms with Gasteiger partial charge in [0.2, 0.25) is 0 Å². The number of furan rings is 1. The third-order valence-electron chi connectivity index (χ3n) is 2.52. The van der Waals surface area contributed by atoms with Gasteiger partial charge in [-0.25, -0.2) is 0 Å². The number of hydrogen-bond donors (Lipinski definition) is 1. The molecule has 90 valence electrons. The largest absolute Gasteiger partial charge is 0.456 e. The predicted octanol–water partition coefficient (Wildman–Crippen LogP) is 3.08. The molecule has 1 heterocycles. The molecule has 1 amide bonds. The summed E-state index contributed by atoms with van der Waals surface area (Å²) in [5, 5.41) is 2.74. The Morgan fingerprint density at radius 2 is 2.22 bits per heavy atom. The number of amides is 1. The highest BCUT2D eigenvalue weighted by Gasteiger charge is 2.10. The Morgan fingerprint density at radius 3 is 2.89 bits per heavy atom. The molecule has 0 bridgehead atoms. The molecule has 2 rings (SSSR count). The molecule has 18 heavy (non-hydrogen) atoms. The van der Waals surface area contributed by atoms with Gasteiger partial charge >= 0.3 is 0 Å². The molecule has 3 heteroatoms. The van der Waals surface area contributed by atoms with Crippen LogP contribution in [0.4, 0.5) is 5.69 Å². The Bertz CT molecular complexity index is 605. The molecular formula is C15H13NO2. The maximum absolute atomic E-state index is 11.9. The normalized spacial score (nSPS) is 9.78. The van der Waals surface area contributed by atoms with Crippen LogP contribution < -0.4 is 5.32 Å². The van der Waals surface area contributed by atoms with Gasteiger partial charge in [0, 0.05) is 17.7 Å². The van der Waals surface area contributed by atoms with Gasteiger partial charge in [0.05, 0.1) is 0 Å². The Morgan fingerprint density at radius 1 is 1.39 bits per heavy atom. The van der Waals surface area contributed by atoms with E-state index in [1.807, 2.05) is 6.92 Å². The van der Waals surface area contributed by atoms with Gasteiger partial charge < -0.3 is 9.73 Å². The Labute approximate surface area is 106 Å². The number of nitrogens with one attached hydrogen (secondary N) is 1. The van der Waals surface area contributed by atoms with Crippen molar-refractivity contribution in [1.82, 2.24) is 0 Å². The van der Waals surface area contributed by atoms with E-state index in [9.17, 15) is 4.79 Å². The van der Waals surface area contributed by atoms with Crippen molar-refractivity contribution in [1.29, 1.82) is 0 Å². The first-order valence-corrected chi connectivity index (χ1v) is 5.69. The highest BCUT2D eigenvalue weighted by molar-refractivity contribution is 6.02. The third kappa shape index (κ3) is 2.61. The van der Waals surface area contributed by atoms with Crippen LogP contribution in [-0.2, 0) is 6.42 Å². The first kappa shape index (κ1) is 12.0. The molecule has 1 aromatic heterocycles. The van der Waals surface area contributed by atoms with Crippen molar-refractivity contribution in [2.24, 2.45) is 0 Å². The van der Waals surface area contributed by atoms with Crippen molar-refractivity contribution in [2.75, 3.05) is 5.32 Å². The summed E-state index contributed by atoms with van der Waals surface area (Å²) in [7, 11) is 0. The van der Waals surface area contributed by atoms with Crippen LogP contribution in [0, 0.1) is 12.3 Å². The minimum absolute atomic E-state index is 0.274. The molecule has 0 aliphatic carbocycles. The van der Waals surface area contributed by atoms with E-state index >= 15 is 0 Å². The molecular weight excluding hydrogens is 226 g/mol. The first-order valence-electron chi connectivity index (χ1n) is 5.69. The molecule has 0 fully saturated rings. The van der Waals surface area contributed by atoms with Gasteiger partial charge in [-0.05, 0) is 30.3 Å². The molecule has 0 saturated heterocycles. The lowest BCUT2D eigenvalue weighted by molar-refractivity contribution is 0.0995. The highest BCUT2D eigenvalue weighted by atomic mass is 16.3. The molecule has 0 aliphatic rings. The molecule has 3 nitrogen and oxygen atoms in total. The Kier molecular flexibility index (Phi) is 3.49. The average Bonchev–Trinajstić information content (AvgIpc) is 2.88. The molecule has 1 aromatic carbocycles. The second-order valence-corrected chi connectivity index (χ2v) is 3.80. The van der Waals surface area contributed by atoms with E-state index in [2.05, 4.69) is 11.2 Å². The van der Waals surface area contributed by atoms with Crippen LogP contribution in [0.25, 0.3) is 0 Å². The minimum atomic E-state index is -0.274. The fourth-order valence-electron chi connectivity index (χ4n) is 1.57. The van der Waals surface area contributed by atoms with Crippen molar-refractivity contribution in [3.05, 3.63) is 53.5 Å². The summed E-state index contributed by atoms with van der Waals surface area (Å²) >= 11 is 0. The second kappa shape index (κ2) is 5.24. The van der Waals surface area contributed by atoms with Crippen LogP contribution in [0.5, 0.6) is 0 Å². The monoisotopic (exact) mass is 239 g/mol. The molecule has 0 radical (unpaired) electrons. The minimum Gasteiger partial charge on any atom is -0.456 e. The molecule has 2 aromatic rings. The van der Waals surface area contributed by atoms with Gasteiger partial charge in [-0.15, -0.1) is 6.42 Å². The number of rotatable bonds is 3. The molecule has 0 unspecified atom stereocenters. The Hall–Kier alpha value is -2.47. The Balaban J connectivity index is 2.13. The summed E-state index contributed by atoms with van der Waals surface area (Å²) < 4.78 is 5.37. The van der Waals surface area contributed by atoms with E-state index in [0.717, 1.165) is 17.7 Å². The van der Waals surface area contributed by atoms with Crippen molar-refractivity contribution < 1.29 is 9.21 Å². The fourth-order valence-corrected chi connectivity index (χ4v) is 1.57. The van der Waals surface area contributed by atoms with E-state index < -0.39 is 0 Å². The van der Waals surface area contributed by atoms with E-state index in [1.54, 1.807) is 36.4 Å². The highest BCUT2D eigenvalue weighted by Crippen LogP contribution is 2.13. The van der Waals surface area contributed by atoms with Gasteiger partial charge in [-0.1, -0.05) is 18.9 Å². The molecule has 0 spiro atoms. The van der Waals surface area contributed by atoms with E-state index in [0.29, 0.717) is 11.4 Å². The lowest BCUT2D eigenvalue weighted by atomic mass is 10.2. The zero-order chi connectivity index (χ0) is 13.0. The van der Waals surface area contributed by atoms with Crippen LogP contribution in [0.2, 0.25) is 0 Å². The maximum Gasteiger partial charge on any atom is 0.291 e. The van der Waals surface area contributed by atoms with Crippen molar-refractivity contribution in [3.63, 3.8) is 0 Å². The number of terminal acetylenes is 1. The second-order valence-electron chi connectivity index (χ2n) is 3.80. The number of hydrogen-bond acceptors (Lipinski definition) is 2. The van der Waals surface area contributed by atoms with Gasteiger partial charge in [-0.2, -0.15) is 0 Å². The molecule has 0 saturated carbocycles. The average molecular weight is 239 g/mol. The molecule has 0 aliphatic heterocycles. The number of aryl methyl sites for hydroxylation is 1. The number of benzene rings is 1. The summed E-state index contributed by atoms with van der Waals surface area (Å²) in [5.74, 6) is 3.34. The summed E-state index contributed by atoms with van der Waals surface area (Å²) in [4.78, 5) is 11.9. The number of carbonyl (C=O) groups excluding carboxylic acids is 1. The smallest absolute Gasteiger partial charge is 0.291 e. The van der Waals surface area contributed by atoms with Gasteiger partial charge in [-0.3, -0.25) is 4.79 Å². The van der Waals surface area contributed by atoms with Crippen LogP contribution in [0.15, 0.2) is 40.8 Å². The van der Waals surface area contributed by atoms with Gasteiger partial charge in [0.15, 0.2) is 5.76 Å². The fraction of sp³-hybridized carbons (Fsp3) is 0.133. The van der Waals surface area contributed by atoms with E-state index in [-0.39, 0.29) is 5.91 Å². The van der Waals surface area contributed by atoms with Crippen LogP contribution in [0.3, 0.4) is 0 Å². The molecule has 0 atom stereocenters. The van der Waals surface area contributed by atoms with E-state index in [4.69, 9.17) is 10.8 Å². The lowest BCUT2D eigenvalue weighted by Crippen LogP contribution is -2.10. The molecule has 1 N–H and O–H groups in total. The van der Waals surface area contributed by atoms with Crippen molar-refractivity contribution >= 4 is 11.6 Å². The summed E-state index contributed by atoms with van der Waals surface area (Å²) in [6.45, 7) is 1.97. The maximum atomic E-state index is 11.9.